The summed E-state index contributed by atoms with van der Waals surface area (Å²) in [7, 11) is 0. The van der Waals surface area contributed by atoms with Crippen LogP contribution in [0.15, 0.2) is 23.1 Å². The predicted octanol–water partition coefficient (Wildman–Crippen LogP) is 1.30. The number of benzene rings is 1. The number of hydrogen-bond donors (Lipinski definition) is 6. The number of anilines is 2. The van der Waals surface area contributed by atoms with E-state index in [-0.39, 0.29) is 39.1 Å². The zero-order valence-electron chi connectivity index (χ0n) is 17.8. The van der Waals surface area contributed by atoms with Gasteiger partial charge in [0.2, 0.25) is 5.95 Å². The van der Waals surface area contributed by atoms with Crippen LogP contribution in [0.1, 0.15) is 28.9 Å². The van der Waals surface area contributed by atoms with Gasteiger partial charge in [-0.25, -0.2) is 14.8 Å². The van der Waals surface area contributed by atoms with Crippen molar-refractivity contribution in [3.63, 3.8) is 0 Å². The summed E-state index contributed by atoms with van der Waals surface area (Å²) in [6, 6.07) is 1.20. The highest BCUT2D eigenvalue weighted by molar-refractivity contribution is 6.39. The molecule has 15 heteroatoms. The third-order valence-corrected chi connectivity index (χ3v) is 5.32. The first-order valence-corrected chi connectivity index (χ1v) is 10.8. The summed E-state index contributed by atoms with van der Waals surface area (Å²) in [5.41, 5.74) is 5.96. The molecule has 2 heterocycles. The molecule has 3 rings (SSSR count). The molecule has 0 radical (unpaired) electrons. The molecule has 35 heavy (non-hydrogen) atoms. The van der Waals surface area contributed by atoms with Gasteiger partial charge in [-0.15, -0.1) is 0 Å². The van der Waals surface area contributed by atoms with Crippen LogP contribution in [0.2, 0.25) is 10.0 Å². The molecule has 7 N–H and O–H groups in total. The molecule has 2 aromatic heterocycles. The number of halogens is 2. The number of amides is 1. The van der Waals surface area contributed by atoms with Crippen LogP contribution in [-0.4, -0.2) is 60.6 Å². The standard InChI is InChI=1S/C20H19Cl2N7O6/c21-10-5-8(17(32)27-12(19(34)35)1-2-13(30)31)6-11(22)14(10)24-4-3-9-7-25-16-15(26-9)18(33)29-20(23)28-16/h5-7,12,24H,1-4H2,(H,27,32)(H,30,31)(H,34,35)(H3,23,25,28,29,33)/t12-/m0/s1. The second-order valence-corrected chi connectivity index (χ2v) is 8.09. The summed E-state index contributed by atoms with van der Waals surface area (Å²) in [6.45, 7) is 0.293. The van der Waals surface area contributed by atoms with E-state index in [1.54, 1.807) is 0 Å². The van der Waals surface area contributed by atoms with E-state index in [1.165, 1.54) is 18.3 Å². The largest absolute Gasteiger partial charge is 0.481 e. The van der Waals surface area contributed by atoms with Crippen molar-refractivity contribution in [1.82, 2.24) is 25.3 Å². The SMILES string of the molecule is Nc1nc2ncc(CCNc3c(Cl)cc(C(=O)N[C@@H](CCC(=O)O)C(=O)O)cc3Cl)nc2c(=O)[nH]1. The van der Waals surface area contributed by atoms with E-state index in [0.29, 0.717) is 24.3 Å². The second kappa shape index (κ2) is 11.0. The number of nitrogen functional groups attached to an aromatic ring is 1. The predicted molar refractivity (Wildman–Crippen MR) is 127 cm³/mol. The highest BCUT2D eigenvalue weighted by Gasteiger charge is 2.22. The van der Waals surface area contributed by atoms with Gasteiger partial charge in [0.05, 0.1) is 27.6 Å². The number of aromatic amines is 1. The Labute approximate surface area is 206 Å². The molecule has 0 aliphatic heterocycles. The van der Waals surface area contributed by atoms with E-state index < -0.39 is 35.9 Å². The lowest BCUT2D eigenvalue weighted by Crippen LogP contribution is -2.41. The van der Waals surface area contributed by atoms with Crippen molar-refractivity contribution in [2.24, 2.45) is 0 Å². The lowest BCUT2D eigenvalue weighted by atomic mass is 10.1. The van der Waals surface area contributed by atoms with Gasteiger partial charge < -0.3 is 26.6 Å². The summed E-state index contributed by atoms with van der Waals surface area (Å²) in [5, 5.41) is 23.4. The summed E-state index contributed by atoms with van der Waals surface area (Å²) in [4.78, 5) is 61.0. The molecule has 1 atom stereocenters. The minimum absolute atomic E-state index is 0.00137. The number of nitrogens with zero attached hydrogens (tertiary/aromatic N) is 3. The fourth-order valence-corrected chi connectivity index (χ4v) is 3.67. The maximum atomic E-state index is 12.5. The Kier molecular flexibility index (Phi) is 8.04. The average Bonchev–Trinajstić information content (AvgIpc) is 2.78. The highest BCUT2D eigenvalue weighted by atomic mass is 35.5. The van der Waals surface area contributed by atoms with Crippen LogP contribution >= 0.6 is 23.2 Å². The van der Waals surface area contributed by atoms with Crippen LogP contribution in [0, 0.1) is 0 Å². The van der Waals surface area contributed by atoms with Crippen LogP contribution in [-0.2, 0) is 16.0 Å². The number of rotatable bonds is 10. The first-order chi connectivity index (χ1) is 16.5. The summed E-state index contributed by atoms with van der Waals surface area (Å²) in [5.74, 6) is -3.39. The number of hydrogen-bond acceptors (Lipinski definition) is 9. The van der Waals surface area contributed by atoms with Crippen molar-refractivity contribution in [2.75, 3.05) is 17.6 Å². The van der Waals surface area contributed by atoms with Gasteiger partial charge in [0.1, 0.15) is 6.04 Å². The molecule has 0 saturated heterocycles. The number of aromatic nitrogens is 4. The number of carboxylic acid groups (broad SMARTS) is 2. The zero-order chi connectivity index (χ0) is 25.7. The lowest BCUT2D eigenvalue weighted by molar-refractivity contribution is -0.140. The van der Waals surface area contributed by atoms with Gasteiger partial charge in [-0.3, -0.25) is 19.4 Å². The molecule has 0 fully saturated rings. The van der Waals surface area contributed by atoms with Gasteiger partial charge in [0, 0.05) is 24.9 Å². The molecule has 13 nitrogen and oxygen atoms in total. The molecule has 0 saturated carbocycles. The Morgan fingerprint density at radius 1 is 1.14 bits per heavy atom. The van der Waals surface area contributed by atoms with E-state index in [4.69, 9.17) is 34.0 Å². The molecule has 0 unspecified atom stereocenters. The van der Waals surface area contributed by atoms with Crippen molar-refractivity contribution in [2.45, 2.75) is 25.3 Å². The third kappa shape index (κ3) is 6.55. The number of aliphatic carboxylic acids is 2. The van der Waals surface area contributed by atoms with Crippen LogP contribution in [0.3, 0.4) is 0 Å². The molecule has 0 bridgehead atoms. The van der Waals surface area contributed by atoms with Gasteiger partial charge in [-0.05, 0) is 18.6 Å². The highest BCUT2D eigenvalue weighted by Crippen LogP contribution is 2.32. The maximum absolute atomic E-state index is 12.5. The van der Waals surface area contributed by atoms with Crippen LogP contribution in [0.25, 0.3) is 11.2 Å². The number of H-pyrrole nitrogens is 1. The average molecular weight is 524 g/mol. The molecule has 1 aromatic carbocycles. The van der Waals surface area contributed by atoms with Crippen LogP contribution in [0.4, 0.5) is 11.6 Å². The molecule has 3 aromatic rings. The van der Waals surface area contributed by atoms with Gasteiger partial charge in [-0.1, -0.05) is 23.2 Å². The smallest absolute Gasteiger partial charge is 0.326 e. The number of carbonyl (C=O) groups is 3. The topological polar surface area (TPSA) is 213 Å². The minimum atomic E-state index is -1.39. The Morgan fingerprint density at radius 3 is 2.46 bits per heavy atom. The van der Waals surface area contributed by atoms with Crippen molar-refractivity contribution in [3.05, 3.63) is 50.0 Å². The summed E-state index contributed by atoms with van der Waals surface area (Å²) in [6.07, 6.45) is 1.08. The Morgan fingerprint density at radius 2 is 1.83 bits per heavy atom. The molecule has 0 aliphatic carbocycles. The Hall–Kier alpha value is -3.97. The van der Waals surface area contributed by atoms with Crippen molar-refractivity contribution < 1.29 is 24.6 Å². The third-order valence-electron chi connectivity index (χ3n) is 4.72. The quantitative estimate of drug-likeness (QED) is 0.222. The fourth-order valence-electron chi connectivity index (χ4n) is 3.05. The number of nitrogens with one attached hydrogen (secondary N) is 3. The second-order valence-electron chi connectivity index (χ2n) is 7.27. The van der Waals surface area contributed by atoms with Gasteiger partial charge in [-0.2, -0.15) is 4.98 Å². The molecule has 184 valence electrons. The Balaban J connectivity index is 1.67. The van der Waals surface area contributed by atoms with E-state index >= 15 is 0 Å². The van der Waals surface area contributed by atoms with Crippen molar-refractivity contribution in [3.8, 4) is 0 Å². The normalized spacial score (nSPS) is 11.7. The molecule has 0 spiro atoms. The monoisotopic (exact) mass is 523 g/mol. The fraction of sp³-hybridized carbons (Fsp3) is 0.250. The molecular weight excluding hydrogens is 505 g/mol. The maximum Gasteiger partial charge on any atom is 0.326 e. The lowest BCUT2D eigenvalue weighted by Gasteiger charge is -2.15. The van der Waals surface area contributed by atoms with Gasteiger partial charge in [0.25, 0.3) is 11.5 Å². The van der Waals surface area contributed by atoms with E-state index in [0.717, 1.165) is 0 Å². The zero-order valence-corrected chi connectivity index (χ0v) is 19.4. The van der Waals surface area contributed by atoms with E-state index in [9.17, 15) is 24.3 Å². The summed E-state index contributed by atoms with van der Waals surface area (Å²) < 4.78 is 0. The van der Waals surface area contributed by atoms with Crippen molar-refractivity contribution >= 4 is 63.8 Å². The van der Waals surface area contributed by atoms with Gasteiger partial charge in [0.15, 0.2) is 11.2 Å². The minimum Gasteiger partial charge on any atom is -0.481 e. The van der Waals surface area contributed by atoms with E-state index in [1.807, 2.05) is 0 Å². The molecule has 0 aliphatic rings. The van der Waals surface area contributed by atoms with Gasteiger partial charge >= 0.3 is 11.9 Å². The van der Waals surface area contributed by atoms with Crippen LogP contribution in [0.5, 0.6) is 0 Å². The summed E-state index contributed by atoms with van der Waals surface area (Å²) >= 11 is 12.5. The van der Waals surface area contributed by atoms with E-state index in [2.05, 4.69) is 30.6 Å². The number of carbonyl (C=O) groups excluding carboxylic acids is 1. The van der Waals surface area contributed by atoms with Crippen molar-refractivity contribution in [1.29, 1.82) is 0 Å². The number of nitrogens with two attached hydrogens (primary N) is 1. The first-order valence-electron chi connectivity index (χ1n) is 10.0. The number of fused-ring (bicyclic) bond motifs is 1. The number of carboxylic acids is 2. The van der Waals surface area contributed by atoms with Crippen LogP contribution < -0.4 is 21.9 Å². The Bertz CT molecular complexity index is 1340. The first kappa shape index (κ1) is 25.6. The molecular formula is C20H19Cl2N7O6. The molecule has 1 amide bonds.